The molecule has 1 unspecified atom stereocenters. The van der Waals surface area contributed by atoms with Crippen LogP contribution in [0.25, 0.3) is 0 Å². The van der Waals surface area contributed by atoms with Crippen molar-refractivity contribution in [3.05, 3.63) is 31.3 Å². The van der Waals surface area contributed by atoms with Gasteiger partial charge in [0.05, 0.1) is 16.5 Å². The van der Waals surface area contributed by atoms with Gasteiger partial charge in [0, 0.05) is 15.1 Å². The predicted molar refractivity (Wildman–Crippen MR) is 82.9 cm³/mol. The molecule has 1 aromatic carbocycles. The van der Waals surface area contributed by atoms with E-state index in [1.807, 2.05) is 22.6 Å². The van der Waals surface area contributed by atoms with Crippen LogP contribution in [-0.4, -0.2) is 23.5 Å². The minimum atomic E-state index is -0.880. The molecule has 19 heavy (non-hydrogen) atoms. The first-order chi connectivity index (χ1) is 8.82. The summed E-state index contributed by atoms with van der Waals surface area (Å²) in [6.45, 7) is 1.88. The first kappa shape index (κ1) is 16.5. The third-order valence-electron chi connectivity index (χ3n) is 2.52. The van der Waals surface area contributed by atoms with Gasteiger partial charge in [-0.05, 0) is 41.1 Å². The van der Waals surface area contributed by atoms with Crippen molar-refractivity contribution in [2.75, 3.05) is 6.54 Å². The lowest BCUT2D eigenvalue weighted by atomic mass is 10.1. The van der Waals surface area contributed by atoms with Crippen LogP contribution in [0.3, 0.4) is 0 Å². The molecule has 0 saturated heterocycles. The third kappa shape index (κ3) is 4.81. The molecule has 0 saturated carbocycles. The van der Waals surface area contributed by atoms with Crippen LogP contribution >= 0.6 is 45.8 Å². The molecule has 104 valence electrons. The summed E-state index contributed by atoms with van der Waals surface area (Å²) < 4.78 is 0.618. The van der Waals surface area contributed by atoms with Crippen molar-refractivity contribution in [3.63, 3.8) is 0 Å². The van der Waals surface area contributed by atoms with Gasteiger partial charge in [0.1, 0.15) is 0 Å². The highest BCUT2D eigenvalue weighted by Gasteiger charge is 2.15. The molecule has 0 heterocycles. The number of carbonyl (C=O) groups is 2. The molecule has 0 bridgehead atoms. The van der Waals surface area contributed by atoms with Crippen LogP contribution in [0.4, 0.5) is 0 Å². The van der Waals surface area contributed by atoms with E-state index in [0.717, 1.165) is 0 Å². The second-order valence-electron chi connectivity index (χ2n) is 4.03. The van der Waals surface area contributed by atoms with Crippen LogP contribution in [0.15, 0.2) is 12.1 Å². The Morgan fingerprint density at radius 3 is 2.63 bits per heavy atom. The van der Waals surface area contributed by atoms with Gasteiger partial charge in [-0.1, -0.05) is 30.1 Å². The number of carbonyl (C=O) groups excluding carboxylic acids is 1. The molecule has 0 aliphatic heterocycles. The molecule has 0 radical (unpaired) electrons. The fourth-order valence-corrected chi connectivity index (χ4v) is 2.39. The highest BCUT2D eigenvalue weighted by Crippen LogP contribution is 2.26. The maximum absolute atomic E-state index is 11.9. The van der Waals surface area contributed by atoms with Crippen LogP contribution in [0.2, 0.25) is 10.0 Å². The topological polar surface area (TPSA) is 66.4 Å². The molecule has 1 amide bonds. The molecule has 0 aromatic heterocycles. The van der Waals surface area contributed by atoms with Gasteiger partial charge < -0.3 is 10.4 Å². The molecule has 1 atom stereocenters. The monoisotopic (exact) mass is 415 g/mol. The maximum Gasteiger partial charge on any atom is 0.306 e. The highest BCUT2D eigenvalue weighted by molar-refractivity contribution is 14.1. The van der Waals surface area contributed by atoms with Crippen molar-refractivity contribution < 1.29 is 14.7 Å². The van der Waals surface area contributed by atoms with E-state index in [1.54, 1.807) is 13.0 Å². The first-order valence-electron chi connectivity index (χ1n) is 5.48. The van der Waals surface area contributed by atoms with Gasteiger partial charge in [-0.25, -0.2) is 0 Å². The fraction of sp³-hybridized carbons (Fsp3) is 0.333. The zero-order valence-electron chi connectivity index (χ0n) is 10.0. The summed E-state index contributed by atoms with van der Waals surface area (Å²) in [6, 6.07) is 3.10. The number of carboxylic acids is 1. The van der Waals surface area contributed by atoms with Gasteiger partial charge in [0.25, 0.3) is 5.91 Å². The smallest absolute Gasteiger partial charge is 0.306 e. The van der Waals surface area contributed by atoms with Crippen molar-refractivity contribution in [2.24, 2.45) is 5.92 Å². The van der Waals surface area contributed by atoms with Gasteiger partial charge in [-0.15, -0.1) is 0 Å². The summed E-state index contributed by atoms with van der Waals surface area (Å²) in [5.74, 6) is -1.69. The summed E-state index contributed by atoms with van der Waals surface area (Å²) in [7, 11) is 0. The van der Waals surface area contributed by atoms with Gasteiger partial charge in [-0.3, -0.25) is 9.59 Å². The average Bonchev–Trinajstić information content (AvgIpc) is 2.33. The Labute approximate surface area is 134 Å². The van der Waals surface area contributed by atoms with Crippen LogP contribution in [0.5, 0.6) is 0 Å². The minimum Gasteiger partial charge on any atom is -0.481 e. The Morgan fingerprint density at radius 1 is 1.42 bits per heavy atom. The third-order valence-corrected chi connectivity index (χ3v) is 4.52. The normalized spacial score (nSPS) is 12.0. The molecule has 0 spiro atoms. The van der Waals surface area contributed by atoms with Crippen molar-refractivity contribution in [3.8, 4) is 0 Å². The van der Waals surface area contributed by atoms with Crippen molar-refractivity contribution in [1.82, 2.24) is 5.32 Å². The number of hydrogen-bond donors (Lipinski definition) is 2. The molecular weight excluding hydrogens is 404 g/mol. The van der Waals surface area contributed by atoms with E-state index in [2.05, 4.69) is 5.32 Å². The number of aliphatic carboxylic acids is 1. The van der Waals surface area contributed by atoms with Crippen molar-refractivity contribution in [2.45, 2.75) is 13.3 Å². The predicted octanol–water partition coefficient (Wildman–Crippen LogP) is 3.44. The number of rotatable bonds is 5. The summed E-state index contributed by atoms with van der Waals surface area (Å²) >= 11 is 13.8. The molecule has 4 nitrogen and oxygen atoms in total. The number of nitrogens with one attached hydrogen (secondary N) is 1. The molecule has 0 aliphatic rings. The molecule has 1 aromatic rings. The second kappa shape index (κ2) is 7.31. The zero-order valence-corrected chi connectivity index (χ0v) is 13.7. The standard InChI is InChI=1S/C12H12Cl2INO3/c1-6(12(18)19)2-3-16-11(17)8-4-7(13)5-9(14)10(8)15/h4-6H,2-3H2,1H3,(H,16,17)(H,18,19). The van der Waals surface area contributed by atoms with Crippen molar-refractivity contribution >= 4 is 57.7 Å². The van der Waals surface area contributed by atoms with E-state index in [4.69, 9.17) is 28.3 Å². The molecule has 2 N–H and O–H groups in total. The highest BCUT2D eigenvalue weighted by atomic mass is 127. The minimum absolute atomic E-state index is 0.284. The molecule has 0 aliphatic carbocycles. The van der Waals surface area contributed by atoms with Crippen LogP contribution < -0.4 is 5.32 Å². The number of carboxylic acid groups (broad SMARTS) is 1. The Morgan fingerprint density at radius 2 is 2.05 bits per heavy atom. The second-order valence-corrected chi connectivity index (χ2v) is 5.96. The van der Waals surface area contributed by atoms with Gasteiger partial charge in [0.2, 0.25) is 0 Å². The Hall–Kier alpha value is -0.530. The van der Waals surface area contributed by atoms with E-state index in [1.165, 1.54) is 6.07 Å². The SMILES string of the molecule is CC(CCNC(=O)c1cc(Cl)cc(Cl)c1I)C(=O)O. The van der Waals surface area contributed by atoms with Crippen LogP contribution in [-0.2, 0) is 4.79 Å². The van der Waals surface area contributed by atoms with Gasteiger partial charge in [0.15, 0.2) is 0 Å². The van der Waals surface area contributed by atoms with Crippen LogP contribution in [0.1, 0.15) is 23.7 Å². The number of amides is 1. The number of halogens is 3. The summed E-state index contributed by atoms with van der Waals surface area (Å²) in [4.78, 5) is 22.6. The summed E-state index contributed by atoms with van der Waals surface area (Å²) in [6.07, 6.45) is 0.367. The zero-order chi connectivity index (χ0) is 14.6. The number of hydrogen-bond acceptors (Lipinski definition) is 2. The lowest BCUT2D eigenvalue weighted by Gasteiger charge is -2.10. The largest absolute Gasteiger partial charge is 0.481 e. The van der Waals surface area contributed by atoms with E-state index >= 15 is 0 Å². The Bertz CT molecular complexity index is 508. The Balaban J connectivity index is 2.67. The van der Waals surface area contributed by atoms with E-state index < -0.39 is 11.9 Å². The lowest BCUT2D eigenvalue weighted by Crippen LogP contribution is -2.27. The molecule has 1 rings (SSSR count). The average molecular weight is 416 g/mol. The van der Waals surface area contributed by atoms with Gasteiger partial charge >= 0.3 is 5.97 Å². The quantitative estimate of drug-likeness (QED) is 0.571. The van der Waals surface area contributed by atoms with E-state index in [9.17, 15) is 9.59 Å². The molecular formula is C12H12Cl2INO3. The lowest BCUT2D eigenvalue weighted by molar-refractivity contribution is -0.141. The molecule has 7 heteroatoms. The Kier molecular flexibility index (Phi) is 6.35. The first-order valence-corrected chi connectivity index (χ1v) is 7.32. The molecule has 0 fully saturated rings. The van der Waals surface area contributed by atoms with Crippen molar-refractivity contribution in [1.29, 1.82) is 0 Å². The van der Waals surface area contributed by atoms with E-state index in [-0.39, 0.29) is 12.5 Å². The van der Waals surface area contributed by atoms with Crippen LogP contribution in [0, 0.1) is 9.49 Å². The summed E-state index contributed by atoms with van der Waals surface area (Å²) in [5, 5.41) is 12.2. The number of benzene rings is 1. The fourth-order valence-electron chi connectivity index (χ4n) is 1.34. The maximum atomic E-state index is 11.9. The van der Waals surface area contributed by atoms with E-state index in [0.29, 0.717) is 25.6 Å². The summed E-state index contributed by atoms with van der Waals surface area (Å²) in [5.41, 5.74) is 0.390. The van der Waals surface area contributed by atoms with Gasteiger partial charge in [-0.2, -0.15) is 0 Å².